The average Bonchev–Trinajstić information content (AvgIpc) is 2.31. The number of ether oxygens (including phenoxy) is 1. The van der Waals surface area contributed by atoms with Gasteiger partial charge in [-0.25, -0.2) is 4.79 Å². The van der Waals surface area contributed by atoms with Gasteiger partial charge in [-0.1, -0.05) is 11.6 Å². The van der Waals surface area contributed by atoms with Gasteiger partial charge in [0.1, 0.15) is 4.34 Å². The van der Waals surface area contributed by atoms with Gasteiger partial charge in [0.15, 0.2) is 0 Å². The molecule has 0 aromatic carbocycles. The molecule has 0 saturated heterocycles. The molecule has 1 aromatic heterocycles. The van der Waals surface area contributed by atoms with E-state index in [9.17, 15) is 4.79 Å². The van der Waals surface area contributed by atoms with Crippen LogP contribution in [0.4, 0.5) is 5.69 Å². The molecule has 72 valence electrons. The van der Waals surface area contributed by atoms with E-state index in [0.29, 0.717) is 15.6 Å². The number of carbonyl (C=O) groups excluding carboxylic acids is 1. The molecule has 0 spiro atoms. The lowest BCUT2D eigenvalue weighted by molar-refractivity contribution is 0.0380. The molecule has 2 N–H and O–H groups in total. The summed E-state index contributed by atoms with van der Waals surface area (Å²) < 4.78 is 5.39. The van der Waals surface area contributed by atoms with Crippen LogP contribution in [0, 0.1) is 0 Å². The molecule has 0 aliphatic carbocycles. The van der Waals surface area contributed by atoms with Crippen molar-refractivity contribution < 1.29 is 9.53 Å². The second kappa shape index (κ2) is 3.98. The normalized spacial score (nSPS) is 10.5. The molecule has 1 aromatic rings. The van der Waals surface area contributed by atoms with Gasteiger partial charge in [0, 0.05) is 5.38 Å². The van der Waals surface area contributed by atoms with Crippen molar-refractivity contribution in [1.82, 2.24) is 0 Å². The zero-order valence-electron chi connectivity index (χ0n) is 7.33. The second-order valence-corrected chi connectivity index (χ2v) is 4.27. The maximum absolute atomic E-state index is 11.3. The highest BCUT2D eigenvalue weighted by Gasteiger charge is 2.16. The molecule has 3 nitrogen and oxygen atoms in total. The first-order valence-electron chi connectivity index (χ1n) is 3.75. The predicted molar refractivity (Wildman–Crippen MR) is 54.3 cm³/mol. The number of carbonyl (C=O) groups is 1. The highest BCUT2D eigenvalue weighted by molar-refractivity contribution is 7.15. The number of nitrogen functional groups attached to an aromatic ring is 1. The van der Waals surface area contributed by atoms with E-state index < -0.39 is 5.97 Å². The lowest BCUT2D eigenvalue weighted by Crippen LogP contribution is -2.12. The van der Waals surface area contributed by atoms with Crippen LogP contribution in [-0.2, 0) is 4.74 Å². The van der Waals surface area contributed by atoms with Crippen LogP contribution in [0.3, 0.4) is 0 Å². The molecular formula is C8H10ClNO2S. The molecule has 0 saturated carbocycles. The SMILES string of the molecule is CC(C)OC(=O)c1csc(Cl)c1N. The lowest BCUT2D eigenvalue weighted by Gasteiger charge is -2.06. The van der Waals surface area contributed by atoms with Gasteiger partial charge in [0.25, 0.3) is 0 Å². The summed E-state index contributed by atoms with van der Waals surface area (Å²) in [5.74, 6) is -0.421. The predicted octanol–water partition coefficient (Wildman–Crippen LogP) is 2.55. The molecule has 0 aliphatic heterocycles. The molecule has 1 rings (SSSR count). The van der Waals surface area contributed by atoms with Gasteiger partial charge < -0.3 is 10.5 Å². The topological polar surface area (TPSA) is 52.3 Å². The summed E-state index contributed by atoms with van der Waals surface area (Å²) in [6.45, 7) is 3.56. The zero-order chi connectivity index (χ0) is 10.0. The van der Waals surface area contributed by atoms with Gasteiger partial charge >= 0.3 is 5.97 Å². The van der Waals surface area contributed by atoms with Gasteiger partial charge in [-0.15, -0.1) is 11.3 Å². The van der Waals surface area contributed by atoms with Crippen LogP contribution in [0.25, 0.3) is 0 Å². The highest BCUT2D eigenvalue weighted by Crippen LogP contribution is 2.30. The number of esters is 1. The molecule has 5 heteroatoms. The van der Waals surface area contributed by atoms with E-state index in [4.69, 9.17) is 22.1 Å². The van der Waals surface area contributed by atoms with Gasteiger partial charge in [0.05, 0.1) is 17.4 Å². The quantitative estimate of drug-likeness (QED) is 0.778. The Balaban J connectivity index is 2.83. The molecule has 0 radical (unpaired) electrons. The minimum absolute atomic E-state index is 0.148. The van der Waals surface area contributed by atoms with Crippen LogP contribution in [0.2, 0.25) is 4.34 Å². The van der Waals surface area contributed by atoms with Gasteiger partial charge in [-0.2, -0.15) is 0 Å². The van der Waals surface area contributed by atoms with Crippen molar-refractivity contribution in [3.8, 4) is 0 Å². The third kappa shape index (κ3) is 2.35. The average molecular weight is 220 g/mol. The molecule has 0 bridgehead atoms. The summed E-state index contributed by atoms with van der Waals surface area (Å²) in [7, 11) is 0. The first-order valence-corrected chi connectivity index (χ1v) is 5.01. The fourth-order valence-electron chi connectivity index (χ4n) is 0.779. The smallest absolute Gasteiger partial charge is 0.341 e. The monoisotopic (exact) mass is 219 g/mol. The van der Waals surface area contributed by atoms with Gasteiger partial charge in [-0.3, -0.25) is 0 Å². The maximum atomic E-state index is 11.3. The van der Waals surface area contributed by atoms with Crippen molar-refractivity contribution in [3.63, 3.8) is 0 Å². The van der Waals surface area contributed by atoms with Crippen LogP contribution in [-0.4, -0.2) is 12.1 Å². The molecular weight excluding hydrogens is 210 g/mol. The Kier molecular flexibility index (Phi) is 3.17. The molecule has 13 heavy (non-hydrogen) atoms. The Hall–Kier alpha value is -0.740. The van der Waals surface area contributed by atoms with Gasteiger partial charge in [0.2, 0.25) is 0 Å². The Morgan fingerprint density at radius 1 is 1.69 bits per heavy atom. The molecule has 0 atom stereocenters. The largest absolute Gasteiger partial charge is 0.459 e. The van der Waals surface area contributed by atoms with E-state index in [0.717, 1.165) is 0 Å². The van der Waals surface area contributed by atoms with Crippen molar-refractivity contribution in [1.29, 1.82) is 0 Å². The zero-order valence-corrected chi connectivity index (χ0v) is 8.91. The Morgan fingerprint density at radius 2 is 2.31 bits per heavy atom. The number of rotatable bonds is 2. The number of nitrogens with two attached hydrogens (primary N) is 1. The van der Waals surface area contributed by atoms with E-state index in [1.807, 2.05) is 0 Å². The van der Waals surface area contributed by atoms with Crippen molar-refractivity contribution >= 4 is 34.6 Å². The molecule has 0 aliphatic rings. The third-order valence-electron chi connectivity index (χ3n) is 1.34. The van der Waals surface area contributed by atoms with Crippen molar-refractivity contribution in [2.75, 3.05) is 5.73 Å². The summed E-state index contributed by atoms with van der Waals surface area (Å²) in [5.41, 5.74) is 6.21. The third-order valence-corrected chi connectivity index (χ3v) is 2.60. The fourth-order valence-corrected chi connectivity index (χ4v) is 1.70. The van der Waals surface area contributed by atoms with Crippen LogP contribution >= 0.6 is 22.9 Å². The minimum Gasteiger partial charge on any atom is -0.459 e. The minimum atomic E-state index is -0.421. The number of halogens is 1. The Bertz CT molecular complexity index is 322. The summed E-state index contributed by atoms with van der Waals surface area (Å²) >= 11 is 6.92. The van der Waals surface area contributed by atoms with E-state index in [2.05, 4.69) is 0 Å². The van der Waals surface area contributed by atoms with E-state index in [1.165, 1.54) is 11.3 Å². The van der Waals surface area contributed by atoms with Crippen molar-refractivity contribution in [2.24, 2.45) is 0 Å². The van der Waals surface area contributed by atoms with Crippen LogP contribution in [0.15, 0.2) is 5.38 Å². The lowest BCUT2D eigenvalue weighted by atomic mass is 10.3. The summed E-state index contributed by atoms with van der Waals surface area (Å²) in [4.78, 5) is 11.3. The second-order valence-electron chi connectivity index (χ2n) is 2.79. The molecule has 0 amide bonds. The molecule has 0 fully saturated rings. The van der Waals surface area contributed by atoms with E-state index in [1.54, 1.807) is 19.2 Å². The summed E-state index contributed by atoms with van der Waals surface area (Å²) in [6, 6.07) is 0. The number of anilines is 1. The van der Waals surface area contributed by atoms with E-state index in [-0.39, 0.29) is 6.10 Å². The Morgan fingerprint density at radius 3 is 2.69 bits per heavy atom. The highest BCUT2D eigenvalue weighted by atomic mass is 35.5. The van der Waals surface area contributed by atoms with Crippen LogP contribution < -0.4 is 5.73 Å². The standard InChI is InChI=1S/C8H10ClNO2S/c1-4(2)12-8(11)5-3-13-7(9)6(5)10/h3-4H,10H2,1-2H3. The fraction of sp³-hybridized carbons (Fsp3) is 0.375. The van der Waals surface area contributed by atoms with Crippen LogP contribution in [0.1, 0.15) is 24.2 Å². The number of hydrogen-bond acceptors (Lipinski definition) is 4. The molecule has 0 unspecified atom stereocenters. The van der Waals surface area contributed by atoms with Gasteiger partial charge in [-0.05, 0) is 13.8 Å². The molecule has 1 heterocycles. The van der Waals surface area contributed by atoms with Crippen molar-refractivity contribution in [2.45, 2.75) is 20.0 Å². The maximum Gasteiger partial charge on any atom is 0.341 e. The van der Waals surface area contributed by atoms with E-state index >= 15 is 0 Å². The number of hydrogen-bond donors (Lipinski definition) is 1. The summed E-state index contributed by atoms with van der Waals surface area (Å²) in [5, 5.41) is 1.60. The number of thiophene rings is 1. The van der Waals surface area contributed by atoms with Crippen LogP contribution in [0.5, 0.6) is 0 Å². The first kappa shape index (κ1) is 10.3. The Labute approximate surface area is 85.4 Å². The van der Waals surface area contributed by atoms with Crippen molar-refractivity contribution in [3.05, 3.63) is 15.3 Å². The summed E-state index contributed by atoms with van der Waals surface area (Å²) in [6.07, 6.45) is -0.148. The first-order chi connectivity index (χ1) is 6.02.